The Morgan fingerprint density at radius 2 is 2.31 bits per heavy atom. The third kappa shape index (κ3) is 4.33. The van der Waals surface area contributed by atoms with Gasteiger partial charge in [0.05, 0.1) is 12.6 Å². The van der Waals surface area contributed by atoms with Crippen LogP contribution in [0, 0.1) is 11.8 Å². The van der Waals surface area contributed by atoms with Gasteiger partial charge >= 0.3 is 0 Å². The molecule has 0 aromatic carbocycles. The molecule has 0 bridgehead atoms. The molecule has 1 N–H and O–H groups in total. The average molecular weight is 218 g/mol. The molecule has 3 heteroatoms. The lowest BCUT2D eigenvalue weighted by Gasteiger charge is -2.12. The predicted molar refractivity (Wildman–Crippen MR) is 65.2 cm³/mol. The van der Waals surface area contributed by atoms with E-state index in [0.29, 0.717) is 12.4 Å². The zero-order valence-electron chi connectivity index (χ0n) is 10.1. The fourth-order valence-corrected chi connectivity index (χ4v) is 1.24. The monoisotopic (exact) mass is 218 g/mol. The molecular weight excluding hydrogens is 200 g/mol. The summed E-state index contributed by atoms with van der Waals surface area (Å²) in [5.74, 6) is 6.50. The first-order valence-corrected chi connectivity index (χ1v) is 5.45. The number of nitrogens with one attached hydrogen (secondary N) is 1. The SMILES string of the molecule is CC#CCNCc1cccnc1OC(C)C. The number of aromatic nitrogens is 1. The van der Waals surface area contributed by atoms with Crippen LogP contribution in [-0.4, -0.2) is 17.6 Å². The molecule has 0 aliphatic rings. The van der Waals surface area contributed by atoms with Crippen LogP contribution in [0.3, 0.4) is 0 Å². The van der Waals surface area contributed by atoms with Gasteiger partial charge in [0.15, 0.2) is 0 Å². The first-order chi connectivity index (χ1) is 7.74. The molecule has 16 heavy (non-hydrogen) atoms. The van der Waals surface area contributed by atoms with Crippen molar-refractivity contribution in [2.24, 2.45) is 0 Å². The lowest BCUT2D eigenvalue weighted by Crippen LogP contribution is -2.16. The van der Waals surface area contributed by atoms with Gasteiger partial charge in [-0.2, -0.15) is 0 Å². The summed E-state index contributed by atoms with van der Waals surface area (Å²) in [5.41, 5.74) is 1.06. The van der Waals surface area contributed by atoms with Gasteiger partial charge in [-0.15, -0.1) is 5.92 Å². The first kappa shape index (κ1) is 12.5. The van der Waals surface area contributed by atoms with E-state index < -0.39 is 0 Å². The average Bonchev–Trinajstić information content (AvgIpc) is 2.26. The van der Waals surface area contributed by atoms with E-state index in [1.807, 2.05) is 32.9 Å². The standard InChI is InChI=1S/C13H18N2O/c1-4-5-8-14-10-12-7-6-9-15-13(12)16-11(2)3/h6-7,9,11,14H,8,10H2,1-3H3. The van der Waals surface area contributed by atoms with Gasteiger partial charge in [0.2, 0.25) is 5.88 Å². The van der Waals surface area contributed by atoms with Crippen molar-refractivity contribution >= 4 is 0 Å². The fourth-order valence-electron chi connectivity index (χ4n) is 1.24. The lowest BCUT2D eigenvalue weighted by molar-refractivity contribution is 0.229. The van der Waals surface area contributed by atoms with Crippen LogP contribution in [0.5, 0.6) is 5.88 Å². The number of ether oxygens (including phenoxy) is 1. The Kier molecular flexibility index (Phi) is 5.38. The molecule has 0 saturated carbocycles. The summed E-state index contributed by atoms with van der Waals surface area (Å²) >= 11 is 0. The summed E-state index contributed by atoms with van der Waals surface area (Å²) in [6, 6.07) is 3.92. The molecule has 0 atom stereocenters. The van der Waals surface area contributed by atoms with Crippen molar-refractivity contribution in [2.45, 2.75) is 33.4 Å². The molecule has 0 aliphatic heterocycles. The second-order valence-electron chi connectivity index (χ2n) is 3.66. The molecule has 0 aliphatic carbocycles. The van der Waals surface area contributed by atoms with E-state index in [0.717, 1.165) is 12.1 Å². The maximum absolute atomic E-state index is 5.62. The Bertz CT molecular complexity index is 377. The normalized spacial score (nSPS) is 9.75. The van der Waals surface area contributed by atoms with Crippen LogP contribution in [0.15, 0.2) is 18.3 Å². The lowest BCUT2D eigenvalue weighted by atomic mass is 10.2. The first-order valence-electron chi connectivity index (χ1n) is 5.45. The van der Waals surface area contributed by atoms with E-state index in [4.69, 9.17) is 4.74 Å². The number of nitrogens with zero attached hydrogens (tertiary/aromatic N) is 1. The van der Waals surface area contributed by atoms with Crippen molar-refractivity contribution in [1.29, 1.82) is 0 Å². The van der Waals surface area contributed by atoms with E-state index >= 15 is 0 Å². The quantitative estimate of drug-likeness (QED) is 0.606. The smallest absolute Gasteiger partial charge is 0.218 e. The summed E-state index contributed by atoms with van der Waals surface area (Å²) in [6.07, 6.45) is 1.89. The molecule has 0 fully saturated rings. The molecule has 1 aromatic rings. The van der Waals surface area contributed by atoms with Gasteiger partial charge in [-0.25, -0.2) is 4.98 Å². The molecule has 1 aromatic heterocycles. The van der Waals surface area contributed by atoms with Crippen LogP contribution >= 0.6 is 0 Å². The topological polar surface area (TPSA) is 34.2 Å². The minimum Gasteiger partial charge on any atom is -0.475 e. The molecular formula is C13H18N2O. The molecule has 0 amide bonds. The highest BCUT2D eigenvalue weighted by Crippen LogP contribution is 2.15. The van der Waals surface area contributed by atoms with E-state index in [2.05, 4.69) is 22.1 Å². The Labute approximate surface area is 97.2 Å². The third-order valence-electron chi connectivity index (χ3n) is 1.90. The van der Waals surface area contributed by atoms with Crippen molar-refractivity contribution in [2.75, 3.05) is 6.54 Å². The van der Waals surface area contributed by atoms with E-state index in [1.165, 1.54) is 0 Å². The molecule has 1 rings (SSSR count). The minimum atomic E-state index is 0.143. The van der Waals surface area contributed by atoms with Crippen LogP contribution in [0.25, 0.3) is 0 Å². The third-order valence-corrected chi connectivity index (χ3v) is 1.90. The highest BCUT2D eigenvalue weighted by molar-refractivity contribution is 5.25. The van der Waals surface area contributed by atoms with Crippen LogP contribution < -0.4 is 10.1 Å². The molecule has 1 heterocycles. The second kappa shape index (κ2) is 6.86. The summed E-state index contributed by atoms with van der Waals surface area (Å²) in [5, 5.41) is 3.22. The maximum Gasteiger partial charge on any atom is 0.218 e. The molecule has 86 valence electrons. The van der Waals surface area contributed by atoms with Gasteiger partial charge < -0.3 is 10.1 Å². The van der Waals surface area contributed by atoms with E-state index in [1.54, 1.807) is 6.20 Å². The Morgan fingerprint density at radius 3 is 3.00 bits per heavy atom. The molecule has 0 spiro atoms. The summed E-state index contributed by atoms with van der Waals surface area (Å²) in [4.78, 5) is 4.22. The highest BCUT2D eigenvalue weighted by Gasteiger charge is 2.05. The Balaban J connectivity index is 2.58. The van der Waals surface area contributed by atoms with Crippen LogP contribution in [0.2, 0.25) is 0 Å². The Morgan fingerprint density at radius 1 is 1.50 bits per heavy atom. The number of pyridine rings is 1. The van der Waals surface area contributed by atoms with Crippen molar-refractivity contribution in [3.63, 3.8) is 0 Å². The number of rotatable bonds is 5. The van der Waals surface area contributed by atoms with Gasteiger partial charge in [0, 0.05) is 18.3 Å². The van der Waals surface area contributed by atoms with Crippen molar-refractivity contribution < 1.29 is 4.74 Å². The van der Waals surface area contributed by atoms with Crippen LogP contribution in [0.4, 0.5) is 0 Å². The van der Waals surface area contributed by atoms with Crippen molar-refractivity contribution in [1.82, 2.24) is 10.3 Å². The fraction of sp³-hybridized carbons (Fsp3) is 0.462. The molecule has 3 nitrogen and oxygen atoms in total. The second-order valence-corrected chi connectivity index (χ2v) is 3.66. The van der Waals surface area contributed by atoms with Gasteiger partial charge in [0.1, 0.15) is 0 Å². The summed E-state index contributed by atoms with van der Waals surface area (Å²) in [6.45, 7) is 7.24. The van der Waals surface area contributed by atoms with Gasteiger partial charge in [-0.05, 0) is 26.8 Å². The number of hydrogen-bond acceptors (Lipinski definition) is 3. The van der Waals surface area contributed by atoms with E-state index in [-0.39, 0.29) is 6.10 Å². The zero-order valence-corrected chi connectivity index (χ0v) is 10.1. The Hall–Kier alpha value is -1.53. The van der Waals surface area contributed by atoms with Gasteiger partial charge in [0.25, 0.3) is 0 Å². The highest BCUT2D eigenvalue weighted by atomic mass is 16.5. The van der Waals surface area contributed by atoms with Crippen LogP contribution in [0.1, 0.15) is 26.3 Å². The largest absolute Gasteiger partial charge is 0.475 e. The number of hydrogen-bond donors (Lipinski definition) is 1. The summed E-state index contributed by atoms with van der Waals surface area (Å²) < 4.78 is 5.62. The van der Waals surface area contributed by atoms with Crippen molar-refractivity contribution in [3.05, 3.63) is 23.9 Å². The molecule has 0 saturated heterocycles. The van der Waals surface area contributed by atoms with E-state index in [9.17, 15) is 0 Å². The predicted octanol–water partition coefficient (Wildman–Crippen LogP) is 1.98. The van der Waals surface area contributed by atoms with Gasteiger partial charge in [-0.3, -0.25) is 0 Å². The van der Waals surface area contributed by atoms with Crippen molar-refractivity contribution in [3.8, 4) is 17.7 Å². The molecule has 0 unspecified atom stereocenters. The van der Waals surface area contributed by atoms with Gasteiger partial charge in [-0.1, -0.05) is 12.0 Å². The maximum atomic E-state index is 5.62. The summed E-state index contributed by atoms with van der Waals surface area (Å²) in [7, 11) is 0. The molecule has 0 radical (unpaired) electrons. The van der Waals surface area contributed by atoms with Crippen LogP contribution in [-0.2, 0) is 6.54 Å². The zero-order chi connectivity index (χ0) is 11.8. The minimum absolute atomic E-state index is 0.143.